The Kier molecular flexibility index (Phi) is 4.89. The summed E-state index contributed by atoms with van der Waals surface area (Å²) in [5.41, 5.74) is 1.50. The lowest BCUT2D eigenvalue weighted by Gasteiger charge is -2.05. The number of carbonyl (C=O) groups excluding carboxylic acids is 1. The van der Waals surface area contributed by atoms with E-state index in [-0.39, 0.29) is 12.3 Å². The van der Waals surface area contributed by atoms with Crippen LogP contribution in [0.1, 0.15) is 22.8 Å². The molecule has 2 aromatic carbocycles. The second kappa shape index (κ2) is 7.06. The van der Waals surface area contributed by atoms with Gasteiger partial charge in [-0.3, -0.25) is 0 Å². The van der Waals surface area contributed by atoms with Crippen molar-refractivity contribution in [3.8, 4) is 5.75 Å². The SMILES string of the molecule is CCOC(=O)c1ccc(OCc2ccccc2)c([N+]#N)c1. The number of carbonyl (C=O) groups is 1. The van der Waals surface area contributed by atoms with Crippen molar-refractivity contribution in [1.29, 1.82) is 5.39 Å². The molecule has 2 rings (SSSR count). The van der Waals surface area contributed by atoms with E-state index >= 15 is 0 Å². The van der Waals surface area contributed by atoms with Gasteiger partial charge in [-0.1, -0.05) is 30.3 Å². The maximum atomic E-state index is 11.6. The molecule has 106 valence electrons. The zero-order valence-corrected chi connectivity index (χ0v) is 11.7. The number of hydrogen-bond donors (Lipinski definition) is 0. The quantitative estimate of drug-likeness (QED) is 0.616. The van der Waals surface area contributed by atoms with E-state index in [9.17, 15) is 4.79 Å². The first-order chi connectivity index (χ1) is 10.2. The lowest BCUT2D eigenvalue weighted by atomic mass is 10.2. The highest BCUT2D eigenvalue weighted by molar-refractivity contribution is 5.91. The fourth-order valence-corrected chi connectivity index (χ4v) is 1.79. The van der Waals surface area contributed by atoms with E-state index in [1.54, 1.807) is 19.1 Å². The molecule has 0 heterocycles. The molecule has 0 aromatic heterocycles. The zero-order valence-electron chi connectivity index (χ0n) is 11.7. The van der Waals surface area contributed by atoms with Crippen molar-refractivity contribution in [2.24, 2.45) is 0 Å². The summed E-state index contributed by atoms with van der Waals surface area (Å²) in [6.45, 7) is 2.37. The highest BCUT2D eigenvalue weighted by atomic mass is 16.5. The van der Waals surface area contributed by atoms with Gasteiger partial charge in [0.1, 0.15) is 6.61 Å². The minimum atomic E-state index is -0.461. The number of esters is 1. The first-order valence-corrected chi connectivity index (χ1v) is 6.57. The van der Waals surface area contributed by atoms with Gasteiger partial charge in [0.05, 0.1) is 18.2 Å². The van der Waals surface area contributed by atoms with Crippen LogP contribution in [0.3, 0.4) is 0 Å². The van der Waals surface area contributed by atoms with Crippen LogP contribution in [0.4, 0.5) is 5.69 Å². The molecule has 0 aliphatic rings. The van der Waals surface area contributed by atoms with Crippen molar-refractivity contribution in [1.82, 2.24) is 0 Å². The summed E-state index contributed by atoms with van der Waals surface area (Å²) < 4.78 is 10.5. The molecule has 0 saturated heterocycles. The van der Waals surface area contributed by atoms with Gasteiger partial charge in [0, 0.05) is 0 Å². The van der Waals surface area contributed by atoms with E-state index in [0.29, 0.717) is 17.9 Å². The molecule has 0 saturated carbocycles. The Morgan fingerprint density at radius 1 is 1.19 bits per heavy atom. The van der Waals surface area contributed by atoms with E-state index in [4.69, 9.17) is 14.9 Å². The van der Waals surface area contributed by atoms with E-state index in [1.807, 2.05) is 30.3 Å². The highest BCUT2D eigenvalue weighted by Gasteiger charge is 2.19. The third kappa shape index (κ3) is 3.80. The second-order valence-electron chi connectivity index (χ2n) is 4.28. The lowest BCUT2D eigenvalue weighted by molar-refractivity contribution is 0.0526. The first-order valence-electron chi connectivity index (χ1n) is 6.57. The van der Waals surface area contributed by atoms with Crippen LogP contribution in [-0.4, -0.2) is 12.6 Å². The number of rotatable bonds is 5. The summed E-state index contributed by atoms with van der Waals surface area (Å²) >= 11 is 0. The van der Waals surface area contributed by atoms with Crippen LogP contribution in [-0.2, 0) is 11.3 Å². The van der Waals surface area contributed by atoms with Crippen molar-refractivity contribution in [3.05, 3.63) is 64.6 Å². The zero-order chi connectivity index (χ0) is 15.1. The molecule has 0 fully saturated rings. The highest BCUT2D eigenvalue weighted by Crippen LogP contribution is 2.29. The summed E-state index contributed by atoms with van der Waals surface area (Å²) in [6.07, 6.45) is 0. The molecule has 0 aliphatic heterocycles. The van der Waals surface area contributed by atoms with E-state index in [1.165, 1.54) is 6.07 Å². The van der Waals surface area contributed by atoms with Crippen molar-refractivity contribution in [2.75, 3.05) is 6.61 Å². The van der Waals surface area contributed by atoms with Crippen molar-refractivity contribution in [3.63, 3.8) is 0 Å². The molecule has 0 radical (unpaired) electrons. The molecule has 2 aromatic rings. The normalized spacial score (nSPS) is 9.71. The molecule has 0 aliphatic carbocycles. The molecule has 0 N–H and O–H groups in total. The van der Waals surface area contributed by atoms with Crippen LogP contribution in [0.25, 0.3) is 4.98 Å². The van der Waals surface area contributed by atoms with Crippen molar-refractivity contribution >= 4 is 11.7 Å². The Bertz CT molecular complexity index is 663. The Hall–Kier alpha value is -2.87. The summed E-state index contributed by atoms with van der Waals surface area (Å²) in [5, 5.41) is 9.04. The maximum absolute atomic E-state index is 11.6. The molecule has 21 heavy (non-hydrogen) atoms. The fraction of sp³-hybridized carbons (Fsp3) is 0.188. The van der Waals surface area contributed by atoms with Gasteiger partial charge in [-0.15, -0.1) is 0 Å². The minimum Gasteiger partial charge on any atom is -0.481 e. The van der Waals surface area contributed by atoms with E-state index < -0.39 is 5.97 Å². The average molecular weight is 283 g/mol. The molecule has 0 bridgehead atoms. The summed E-state index contributed by atoms with van der Waals surface area (Å²) in [4.78, 5) is 14.8. The third-order valence-electron chi connectivity index (χ3n) is 2.81. The summed E-state index contributed by atoms with van der Waals surface area (Å²) in [7, 11) is 0. The van der Waals surface area contributed by atoms with Crippen LogP contribution in [0, 0.1) is 5.39 Å². The van der Waals surface area contributed by atoms with Crippen LogP contribution < -0.4 is 4.74 Å². The van der Waals surface area contributed by atoms with Gasteiger partial charge in [-0.25, -0.2) is 4.79 Å². The summed E-state index contributed by atoms with van der Waals surface area (Å²) in [5.74, 6) is -0.0635. The molecule has 0 atom stereocenters. The second-order valence-corrected chi connectivity index (χ2v) is 4.28. The molecule has 0 unspecified atom stereocenters. The standard InChI is InChI=1S/C16H15N2O3/c1-2-20-16(19)13-8-9-15(14(10-13)18-17)21-11-12-6-4-3-5-7-12/h3-10H,2,11H2,1H3/q+1. The van der Waals surface area contributed by atoms with E-state index in [2.05, 4.69) is 4.98 Å². The molecule has 5 heteroatoms. The molecular formula is C16H15N2O3+. The van der Waals surface area contributed by atoms with Crippen LogP contribution in [0.15, 0.2) is 48.5 Å². The Balaban J connectivity index is 2.13. The van der Waals surface area contributed by atoms with Crippen LogP contribution in [0.5, 0.6) is 5.75 Å². The van der Waals surface area contributed by atoms with Gasteiger partial charge >= 0.3 is 11.7 Å². The number of benzene rings is 2. The van der Waals surface area contributed by atoms with Crippen LogP contribution >= 0.6 is 0 Å². The molecular weight excluding hydrogens is 268 g/mol. The number of hydrogen-bond acceptors (Lipinski definition) is 4. The lowest BCUT2D eigenvalue weighted by Crippen LogP contribution is -2.04. The Morgan fingerprint density at radius 2 is 1.95 bits per heavy atom. The van der Waals surface area contributed by atoms with Gasteiger partial charge in [0.25, 0.3) is 0 Å². The van der Waals surface area contributed by atoms with Gasteiger partial charge in [0.2, 0.25) is 11.1 Å². The van der Waals surface area contributed by atoms with Gasteiger partial charge in [-0.05, 0) is 24.6 Å². The average Bonchev–Trinajstić information content (AvgIpc) is 2.54. The minimum absolute atomic E-state index is 0.191. The third-order valence-corrected chi connectivity index (χ3v) is 2.81. The molecule has 0 amide bonds. The number of diazo groups is 1. The molecule has 5 nitrogen and oxygen atoms in total. The largest absolute Gasteiger partial charge is 0.481 e. The molecule has 0 spiro atoms. The van der Waals surface area contributed by atoms with Crippen molar-refractivity contribution in [2.45, 2.75) is 13.5 Å². The fourth-order valence-electron chi connectivity index (χ4n) is 1.79. The van der Waals surface area contributed by atoms with Crippen LogP contribution in [0.2, 0.25) is 0 Å². The first kappa shape index (κ1) is 14.5. The monoisotopic (exact) mass is 283 g/mol. The van der Waals surface area contributed by atoms with E-state index in [0.717, 1.165) is 5.56 Å². The Morgan fingerprint density at radius 3 is 2.62 bits per heavy atom. The Labute approximate surface area is 122 Å². The van der Waals surface area contributed by atoms with Gasteiger partial charge < -0.3 is 9.47 Å². The van der Waals surface area contributed by atoms with Gasteiger partial charge in [-0.2, -0.15) is 0 Å². The smallest absolute Gasteiger partial charge is 0.427 e. The van der Waals surface area contributed by atoms with Gasteiger partial charge in [0.15, 0.2) is 4.98 Å². The maximum Gasteiger partial charge on any atom is 0.427 e. The topological polar surface area (TPSA) is 63.7 Å². The predicted octanol–water partition coefficient (Wildman–Crippen LogP) is 3.93. The summed E-state index contributed by atoms with van der Waals surface area (Å²) in [6, 6.07) is 14.2. The van der Waals surface area contributed by atoms with Crippen molar-refractivity contribution < 1.29 is 14.3 Å². The number of nitrogens with zero attached hydrogens (tertiary/aromatic N) is 2. The number of ether oxygens (including phenoxy) is 2. The predicted molar refractivity (Wildman–Crippen MR) is 77.9 cm³/mol.